The lowest BCUT2D eigenvalue weighted by atomic mass is 10.4. The van der Waals surface area contributed by atoms with E-state index in [1.807, 2.05) is 29.0 Å². The van der Waals surface area contributed by atoms with Gasteiger partial charge in [0, 0.05) is 13.2 Å². The Kier molecular flexibility index (Phi) is 1.51. The largest absolute Gasteiger partial charge is 0.434 e. The van der Waals surface area contributed by atoms with Crippen LogP contribution in [0, 0.1) is 0 Å². The summed E-state index contributed by atoms with van der Waals surface area (Å²) in [4.78, 5) is 0. The standard InChI is InChI=1S/C8H10NO2/c1-10-8-6-11-7-4-2-3-5-9(7)8/h2-5,8H,6H2,1H3/q+1. The van der Waals surface area contributed by atoms with Crippen LogP contribution < -0.4 is 9.30 Å². The molecule has 0 amide bonds. The highest BCUT2D eigenvalue weighted by Crippen LogP contribution is 2.14. The third kappa shape index (κ3) is 0.973. The molecule has 1 atom stereocenters. The topological polar surface area (TPSA) is 22.3 Å². The van der Waals surface area contributed by atoms with E-state index in [-0.39, 0.29) is 6.23 Å². The first-order chi connectivity index (χ1) is 5.42. The first kappa shape index (κ1) is 6.61. The van der Waals surface area contributed by atoms with E-state index in [0.717, 1.165) is 5.88 Å². The SMILES string of the molecule is COC1COc2cccc[n+]21. The van der Waals surface area contributed by atoms with Crippen LogP contribution in [0.1, 0.15) is 6.23 Å². The predicted molar refractivity (Wildman–Crippen MR) is 38.2 cm³/mol. The maximum atomic E-state index is 5.34. The minimum Gasteiger partial charge on any atom is -0.434 e. The van der Waals surface area contributed by atoms with Gasteiger partial charge in [-0.05, 0) is 6.07 Å². The van der Waals surface area contributed by atoms with Crippen molar-refractivity contribution in [1.82, 2.24) is 0 Å². The summed E-state index contributed by atoms with van der Waals surface area (Å²) in [6.07, 6.45) is 2.00. The van der Waals surface area contributed by atoms with Gasteiger partial charge in [0.25, 0.3) is 0 Å². The minimum atomic E-state index is 0.0474. The molecule has 1 aliphatic rings. The second kappa shape index (κ2) is 2.51. The second-order valence-corrected chi connectivity index (χ2v) is 2.45. The van der Waals surface area contributed by atoms with Gasteiger partial charge >= 0.3 is 12.1 Å². The van der Waals surface area contributed by atoms with Gasteiger partial charge in [-0.1, -0.05) is 0 Å². The molecule has 0 saturated heterocycles. The summed E-state index contributed by atoms with van der Waals surface area (Å²) in [6, 6.07) is 5.84. The molecule has 2 heterocycles. The average molecular weight is 152 g/mol. The lowest BCUT2D eigenvalue weighted by molar-refractivity contribution is -0.742. The fourth-order valence-corrected chi connectivity index (χ4v) is 1.22. The fraction of sp³-hybridized carbons (Fsp3) is 0.375. The molecule has 58 valence electrons. The van der Waals surface area contributed by atoms with Gasteiger partial charge in [0.1, 0.15) is 0 Å². The van der Waals surface area contributed by atoms with E-state index >= 15 is 0 Å². The summed E-state index contributed by atoms with van der Waals surface area (Å²) in [6.45, 7) is 0.612. The van der Waals surface area contributed by atoms with Crippen molar-refractivity contribution in [3.05, 3.63) is 24.4 Å². The highest BCUT2D eigenvalue weighted by atomic mass is 16.6. The van der Waals surface area contributed by atoms with E-state index in [2.05, 4.69) is 0 Å². The molecule has 2 rings (SSSR count). The number of ether oxygens (including phenoxy) is 2. The zero-order valence-electron chi connectivity index (χ0n) is 6.36. The molecular formula is C8H10NO2+. The molecule has 0 aliphatic carbocycles. The quantitative estimate of drug-likeness (QED) is 0.547. The molecule has 0 bridgehead atoms. The van der Waals surface area contributed by atoms with Crippen LogP contribution in [-0.4, -0.2) is 13.7 Å². The number of methoxy groups -OCH3 is 1. The van der Waals surface area contributed by atoms with Gasteiger partial charge in [-0.3, -0.25) is 0 Å². The molecule has 3 nitrogen and oxygen atoms in total. The molecule has 1 unspecified atom stereocenters. The highest BCUT2D eigenvalue weighted by molar-refractivity contribution is 5.04. The van der Waals surface area contributed by atoms with Gasteiger partial charge in [-0.15, -0.1) is 4.57 Å². The van der Waals surface area contributed by atoms with E-state index in [1.54, 1.807) is 7.11 Å². The Morgan fingerprint density at radius 2 is 2.55 bits per heavy atom. The molecular weight excluding hydrogens is 142 g/mol. The number of fused-ring (bicyclic) bond motifs is 1. The van der Waals surface area contributed by atoms with Crippen molar-refractivity contribution in [2.45, 2.75) is 6.23 Å². The van der Waals surface area contributed by atoms with Crippen molar-refractivity contribution in [1.29, 1.82) is 0 Å². The molecule has 0 spiro atoms. The molecule has 1 aromatic rings. The number of nitrogens with zero attached hydrogens (tertiary/aromatic N) is 1. The average Bonchev–Trinajstić information content (AvgIpc) is 2.47. The van der Waals surface area contributed by atoms with E-state index in [4.69, 9.17) is 9.47 Å². The zero-order chi connectivity index (χ0) is 7.68. The predicted octanol–water partition coefficient (Wildman–Crippen LogP) is 0.511. The Balaban J connectivity index is 2.39. The Morgan fingerprint density at radius 3 is 3.36 bits per heavy atom. The third-order valence-electron chi connectivity index (χ3n) is 1.81. The van der Waals surface area contributed by atoms with Crippen molar-refractivity contribution in [2.24, 2.45) is 0 Å². The molecule has 1 aromatic heterocycles. The first-order valence-electron chi connectivity index (χ1n) is 3.57. The van der Waals surface area contributed by atoms with E-state index in [0.29, 0.717) is 6.61 Å². The number of hydrogen-bond acceptors (Lipinski definition) is 2. The summed E-state index contributed by atoms with van der Waals surface area (Å²) in [5.74, 6) is 0.874. The fourth-order valence-electron chi connectivity index (χ4n) is 1.22. The molecule has 0 fully saturated rings. The zero-order valence-corrected chi connectivity index (χ0v) is 6.36. The Morgan fingerprint density at radius 1 is 1.64 bits per heavy atom. The van der Waals surface area contributed by atoms with E-state index in [1.165, 1.54) is 0 Å². The molecule has 11 heavy (non-hydrogen) atoms. The maximum absolute atomic E-state index is 5.34. The second-order valence-electron chi connectivity index (χ2n) is 2.45. The van der Waals surface area contributed by atoms with Crippen molar-refractivity contribution in [3.63, 3.8) is 0 Å². The summed E-state index contributed by atoms with van der Waals surface area (Å²) in [5, 5.41) is 0. The number of pyridine rings is 1. The molecule has 0 saturated carbocycles. The normalized spacial score (nSPS) is 21.0. The molecule has 0 radical (unpaired) electrons. The Labute approximate surface area is 65.2 Å². The van der Waals surface area contributed by atoms with Gasteiger partial charge in [0.15, 0.2) is 12.8 Å². The molecule has 3 heteroatoms. The van der Waals surface area contributed by atoms with Crippen LogP contribution in [0.4, 0.5) is 0 Å². The minimum absolute atomic E-state index is 0.0474. The summed E-state index contributed by atoms with van der Waals surface area (Å²) in [5.41, 5.74) is 0. The lowest BCUT2D eigenvalue weighted by Crippen LogP contribution is -2.36. The number of hydrogen-bond donors (Lipinski definition) is 0. The summed E-state index contributed by atoms with van der Waals surface area (Å²) >= 11 is 0. The van der Waals surface area contributed by atoms with E-state index in [9.17, 15) is 0 Å². The maximum Gasteiger partial charge on any atom is 0.370 e. The van der Waals surface area contributed by atoms with Crippen LogP contribution in [0.15, 0.2) is 24.4 Å². The van der Waals surface area contributed by atoms with Gasteiger partial charge in [0.05, 0.1) is 6.07 Å². The van der Waals surface area contributed by atoms with E-state index < -0.39 is 0 Å². The Hall–Kier alpha value is -1.09. The van der Waals surface area contributed by atoms with Crippen molar-refractivity contribution in [3.8, 4) is 5.88 Å². The van der Waals surface area contributed by atoms with Crippen molar-refractivity contribution in [2.75, 3.05) is 13.7 Å². The van der Waals surface area contributed by atoms with Crippen LogP contribution in [0.5, 0.6) is 5.88 Å². The smallest absolute Gasteiger partial charge is 0.370 e. The number of aromatic nitrogens is 1. The summed E-state index contributed by atoms with van der Waals surface area (Å²) in [7, 11) is 1.68. The molecule has 1 aliphatic heterocycles. The molecule has 0 aromatic carbocycles. The monoisotopic (exact) mass is 152 g/mol. The summed E-state index contributed by atoms with van der Waals surface area (Å²) < 4.78 is 12.5. The van der Waals surface area contributed by atoms with Crippen LogP contribution in [-0.2, 0) is 4.74 Å². The van der Waals surface area contributed by atoms with Crippen LogP contribution in [0.3, 0.4) is 0 Å². The first-order valence-corrected chi connectivity index (χ1v) is 3.57. The van der Waals surface area contributed by atoms with Crippen LogP contribution in [0.2, 0.25) is 0 Å². The van der Waals surface area contributed by atoms with Crippen molar-refractivity contribution < 1.29 is 14.0 Å². The third-order valence-corrected chi connectivity index (χ3v) is 1.81. The molecule has 0 N–H and O–H groups in total. The van der Waals surface area contributed by atoms with Gasteiger partial charge in [0.2, 0.25) is 0 Å². The lowest BCUT2D eigenvalue weighted by Gasteiger charge is -1.97. The highest BCUT2D eigenvalue weighted by Gasteiger charge is 2.30. The van der Waals surface area contributed by atoms with Crippen LogP contribution in [0.25, 0.3) is 0 Å². The van der Waals surface area contributed by atoms with Gasteiger partial charge in [-0.2, -0.15) is 0 Å². The van der Waals surface area contributed by atoms with Gasteiger partial charge in [-0.25, -0.2) is 0 Å². The van der Waals surface area contributed by atoms with Gasteiger partial charge < -0.3 is 9.47 Å². The van der Waals surface area contributed by atoms with Crippen LogP contribution >= 0.6 is 0 Å². The Bertz CT molecular complexity index is 262. The van der Waals surface area contributed by atoms with Crippen molar-refractivity contribution >= 4 is 0 Å². The number of rotatable bonds is 1.